The number of hydrogen-bond acceptors (Lipinski definition) is 5. The number of anilines is 1. The summed E-state index contributed by atoms with van der Waals surface area (Å²) in [5.74, 6) is 0.972. The Morgan fingerprint density at radius 2 is 1.45 bits per heavy atom. The summed E-state index contributed by atoms with van der Waals surface area (Å²) in [5, 5.41) is 3.10. The highest BCUT2D eigenvalue weighted by Crippen LogP contribution is 2.34. The van der Waals surface area contributed by atoms with Gasteiger partial charge in [0, 0.05) is 20.2 Å². The molecule has 0 saturated carbocycles. The van der Waals surface area contributed by atoms with Crippen molar-refractivity contribution in [1.29, 1.82) is 0 Å². The molecular weight excluding hydrogens is 446 g/mol. The average Bonchev–Trinajstić information content (AvgIpc) is 2.82. The fourth-order valence-electron chi connectivity index (χ4n) is 3.39. The van der Waals surface area contributed by atoms with Gasteiger partial charge in [0.25, 0.3) is 5.91 Å². The number of nitrogens with zero attached hydrogens (tertiary/aromatic N) is 2. The standard InChI is InChI=1S/C24H20ClN3O5/c1-27-19-12-18(26-22(29)16-6-4-5-7-17(16)25)21(13-20(19)28(2)24(31)23(27)30)33-15-10-8-14(32-3)9-11-15/h4-13H,1-3H3,(H,26,29). The third kappa shape index (κ3) is 4.20. The minimum atomic E-state index is -0.683. The Morgan fingerprint density at radius 3 is 2.06 bits per heavy atom. The van der Waals surface area contributed by atoms with Crippen molar-refractivity contribution < 1.29 is 14.3 Å². The Balaban J connectivity index is 1.86. The van der Waals surface area contributed by atoms with Gasteiger partial charge in [0.15, 0.2) is 5.75 Å². The number of halogens is 1. The second-order valence-corrected chi connectivity index (χ2v) is 7.68. The van der Waals surface area contributed by atoms with Crippen molar-refractivity contribution in [2.45, 2.75) is 0 Å². The Bertz CT molecular complexity index is 1490. The van der Waals surface area contributed by atoms with Crippen LogP contribution < -0.4 is 25.9 Å². The number of benzene rings is 3. The monoisotopic (exact) mass is 465 g/mol. The van der Waals surface area contributed by atoms with Crippen LogP contribution in [0.3, 0.4) is 0 Å². The number of aromatic nitrogens is 2. The maximum absolute atomic E-state index is 12.9. The van der Waals surface area contributed by atoms with Crippen LogP contribution in [0.1, 0.15) is 10.4 Å². The Hall–Kier alpha value is -4.04. The van der Waals surface area contributed by atoms with Gasteiger partial charge in [-0.15, -0.1) is 0 Å². The lowest BCUT2D eigenvalue weighted by molar-refractivity contribution is 0.102. The van der Waals surface area contributed by atoms with E-state index in [0.717, 1.165) is 0 Å². The minimum absolute atomic E-state index is 0.279. The normalized spacial score (nSPS) is 10.8. The van der Waals surface area contributed by atoms with Gasteiger partial charge in [-0.25, -0.2) is 0 Å². The number of fused-ring (bicyclic) bond motifs is 1. The van der Waals surface area contributed by atoms with Gasteiger partial charge < -0.3 is 23.9 Å². The number of carbonyl (C=O) groups is 1. The van der Waals surface area contributed by atoms with E-state index in [1.165, 1.54) is 23.2 Å². The quantitative estimate of drug-likeness (QED) is 0.451. The largest absolute Gasteiger partial charge is 0.497 e. The maximum atomic E-state index is 12.9. The van der Waals surface area contributed by atoms with Gasteiger partial charge in [0.2, 0.25) is 0 Å². The van der Waals surface area contributed by atoms with E-state index in [1.54, 1.807) is 67.8 Å². The van der Waals surface area contributed by atoms with Crippen LogP contribution in [0.15, 0.2) is 70.3 Å². The zero-order chi connectivity index (χ0) is 23.7. The summed E-state index contributed by atoms with van der Waals surface area (Å²) >= 11 is 6.18. The summed E-state index contributed by atoms with van der Waals surface area (Å²) in [5.41, 5.74) is 0.131. The topological polar surface area (TPSA) is 91.6 Å². The summed E-state index contributed by atoms with van der Waals surface area (Å²) in [6.07, 6.45) is 0. The van der Waals surface area contributed by atoms with Crippen molar-refractivity contribution in [3.63, 3.8) is 0 Å². The number of hydrogen-bond donors (Lipinski definition) is 1. The van der Waals surface area contributed by atoms with Gasteiger partial charge in [0.1, 0.15) is 11.5 Å². The highest BCUT2D eigenvalue weighted by atomic mass is 35.5. The maximum Gasteiger partial charge on any atom is 0.316 e. The number of aryl methyl sites for hydroxylation is 2. The van der Waals surface area contributed by atoms with Gasteiger partial charge in [0.05, 0.1) is 34.4 Å². The van der Waals surface area contributed by atoms with Crippen molar-refractivity contribution in [2.75, 3.05) is 12.4 Å². The van der Waals surface area contributed by atoms with Crippen LogP contribution in [0, 0.1) is 0 Å². The third-order valence-electron chi connectivity index (χ3n) is 5.25. The first-order valence-corrected chi connectivity index (χ1v) is 10.3. The summed E-state index contributed by atoms with van der Waals surface area (Å²) in [7, 11) is 4.56. The molecular formula is C24H20ClN3O5. The SMILES string of the molecule is COc1ccc(Oc2cc3c(cc2NC(=O)c2ccccc2Cl)n(C)c(=O)c(=O)n3C)cc1. The van der Waals surface area contributed by atoms with E-state index in [1.807, 2.05) is 0 Å². The van der Waals surface area contributed by atoms with Crippen LogP contribution in [0.2, 0.25) is 5.02 Å². The van der Waals surface area contributed by atoms with E-state index in [9.17, 15) is 14.4 Å². The van der Waals surface area contributed by atoms with E-state index in [2.05, 4.69) is 5.32 Å². The summed E-state index contributed by atoms with van der Waals surface area (Å²) < 4.78 is 13.7. The van der Waals surface area contributed by atoms with Crippen molar-refractivity contribution in [1.82, 2.24) is 9.13 Å². The predicted octanol–water partition coefficient (Wildman–Crippen LogP) is 3.94. The molecule has 1 N–H and O–H groups in total. The molecule has 0 unspecified atom stereocenters. The number of ether oxygens (including phenoxy) is 2. The minimum Gasteiger partial charge on any atom is -0.497 e. The first-order chi connectivity index (χ1) is 15.8. The van der Waals surface area contributed by atoms with Crippen LogP contribution in [-0.2, 0) is 14.1 Å². The van der Waals surface area contributed by atoms with Crippen LogP contribution >= 0.6 is 11.6 Å². The lowest BCUT2D eigenvalue weighted by atomic mass is 10.2. The van der Waals surface area contributed by atoms with E-state index < -0.39 is 17.0 Å². The van der Waals surface area contributed by atoms with Crippen molar-refractivity contribution >= 4 is 34.2 Å². The predicted molar refractivity (Wildman–Crippen MR) is 127 cm³/mol. The van der Waals surface area contributed by atoms with Gasteiger partial charge in [-0.2, -0.15) is 0 Å². The molecule has 0 radical (unpaired) electrons. The van der Waals surface area contributed by atoms with E-state index in [0.29, 0.717) is 33.2 Å². The molecule has 0 fully saturated rings. The molecule has 0 bridgehead atoms. The molecule has 4 aromatic rings. The van der Waals surface area contributed by atoms with E-state index in [-0.39, 0.29) is 11.3 Å². The number of carbonyl (C=O) groups excluding carboxylic acids is 1. The fraction of sp³-hybridized carbons (Fsp3) is 0.125. The van der Waals surface area contributed by atoms with Crippen LogP contribution in [0.4, 0.5) is 5.69 Å². The second kappa shape index (κ2) is 8.84. The fourth-order valence-corrected chi connectivity index (χ4v) is 3.61. The number of methoxy groups -OCH3 is 1. The van der Waals surface area contributed by atoms with Gasteiger partial charge >= 0.3 is 11.1 Å². The zero-order valence-electron chi connectivity index (χ0n) is 18.1. The summed E-state index contributed by atoms with van der Waals surface area (Å²) in [4.78, 5) is 37.6. The highest BCUT2D eigenvalue weighted by Gasteiger charge is 2.18. The molecule has 3 aromatic carbocycles. The summed E-state index contributed by atoms with van der Waals surface area (Å²) in [6, 6.07) is 16.7. The second-order valence-electron chi connectivity index (χ2n) is 7.28. The molecule has 1 amide bonds. The molecule has 33 heavy (non-hydrogen) atoms. The van der Waals surface area contributed by atoms with Crippen LogP contribution in [0.25, 0.3) is 11.0 Å². The number of amides is 1. The molecule has 168 valence electrons. The molecule has 1 aromatic heterocycles. The molecule has 0 aliphatic carbocycles. The van der Waals surface area contributed by atoms with E-state index >= 15 is 0 Å². The molecule has 8 nitrogen and oxygen atoms in total. The molecule has 4 rings (SSSR count). The van der Waals surface area contributed by atoms with E-state index in [4.69, 9.17) is 21.1 Å². The molecule has 0 saturated heterocycles. The summed E-state index contributed by atoms with van der Waals surface area (Å²) in [6.45, 7) is 0. The van der Waals surface area contributed by atoms with Crippen LogP contribution in [-0.4, -0.2) is 22.2 Å². The molecule has 1 heterocycles. The lowest BCUT2D eigenvalue weighted by Crippen LogP contribution is -2.39. The van der Waals surface area contributed by atoms with Gasteiger partial charge in [-0.1, -0.05) is 23.7 Å². The first-order valence-electron chi connectivity index (χ1n) is 9.91. The molecule has 0 aliphatic heterocycles. The van der Waals surface area contributed by atoms with Crippen molar-refractivity contribution in [2.24, 2.45) is 14.1 Å². The lowest BCUT2D eigenvalue weighted by Gasteiger charge is -2.17. The average molecular weight is 466 g/mol. The van der Waals surface area contributed by atoms with Gasteiger partial charge in [-0.3, -0.25) is 14.4 Å². The smallest absolute Gasteiger partial charge is 0.316 e. The molecule has 0 spiro atoms. The van der Waals surface area contributed by atoms with Crippen molar-refractivity contribution in [3.8, 4) is 17.2 Å². The Labute approximate surface area is 193 Å². The van der Waals surface area contributed by atoms with Crippen molar-refractivity contribution in [3.05, 3.63) is 92.0 Å². The Morgan fingerprint density at radius 1 is 0.879 bits per heavy atom. The molecule has 9 heteroatoms. The third-order valence-corrected chi connectivity index (χ3v) is 5.58. The zero-order valence-corrected chi connectivity index (χ0v) is 18.8. The Kier molecular flexibility index (Phi) is 5.93. The molecule has 0 atom stereocenters. The first kappa shape index (κ1) is 22.2. The van der Waals surface area contributed by atoms with Crippen LogP contribution in [0.5, 0.6) is 17.2 Å². The highest BCUT2D eigenvalue weighted by molar-refractivity contribution is 6.34. The number of rotatable bonds is 5. The van der Waals surface area contributed by atoms with Gasteiger partial charge in [-0.05, 0) is 42.5 Å². The number of nitrogens with one attached hydrogen (secondary N) is 1. The molecule has 0 aliphatic rings.